The Bertz CT molecular complexity index is 422. The van der Waals surface area contributed by atoms with Crippen LogP contribution in [0.25, 0.3) is 0 Å². The molecule has 20 heavy (non-hydrogen) atoms. The van der Waals surface area contributed by atoms with Crippen LogP contribution in [0.4, 0.5) is 0 Å². The number of hydrogen-bond donors (Lipinski definition) is 2. The van der Waals surface area contributed by atoms with Crippen molar-refractivity contribution in [1.82, 2.24) is 10.2 Å². The van der Waals surface area contributed by atoms with Gasteiger partial charge in [0.2, 0.25) is 5.91 Å². The van der Waals surface area contributed by atoms with E-state index in [9.17, 15) is 9.90 Å². The van der Waals surface area contributed by atoms with Gasteiger partial charge in [-0.25, -0.2) is 0 Å². The number of nitrogens with zero attached hydrogens (tertiary/aromatic N) is 1. The number of aliphatic hydroxyl groups excluding tert-OH is 1. The van der Waals surface area contributed by atoms with Gasteiger partial charge in [0.15, 0.2) is 0 Å². The summed E-state index contributed by atoms with van der Waals surface area (Å²) in [5.41, 5.74) is 1.24. The molecule has 2 rings (SSSR count). The molecule has 1 aliphatic rings. The first-order chi connectivity index (χ1) is 9.65. The molecule has 1 aromatic rings. The lowest BCUT2D eigenvalue weighted by atomic mass is 10.0. The lowest BCUT2D eigenvalue weighted by Gasteiger charge is -2.29. The van der Waals surface area contributed by atoms with Crippen LogP contribution < -0.4 is 5.32 Å². The molecule has 0 bridgehead atoms. The van der Waals surface area contributed by atoms with Crippen LogP contribution in [-0.4, -0.2) is 48.2 Å². The Labute approximate surface area is 120 Å². The molecular weight excluding hydrogens is 252 g/mol. The van der Waals surface area contributed by atoms with E-state index in [1.54, 1.807) is 0 Å². The van der Waals surface area contributed by atoms with E-state index < -0.39 is 0 Å². The van der Waals surface area contributed by atoms with Crippen molar-refractivity contribution < 1.29 is 9.90 Å². The lowest BCUT2D eigenvalue weighted by molar-refractivity contribution is -0.123. The summed E-state index contributed by atoms with van der Waals surface area (Å²) in [6, 6.07) is 10.2. The fourth-order valence-electron chi connectivity index (χ4n) is 2.60. The number of hydrogen-bond acceptors (Lipinski definition) is 3. The molecule has 1 saturated heterocycles. The normalized spacial score (nSPS) is 21.4. The summed E-state index contributed by atoms with van der Waals surface area (Å²) in [5.74, 6) is 0.356. The van der Waals surface area contributed by atoms with Gasteiger partial charge in [-0.15, -0.1) is 0 Å². The molecule has 1 unspecified atom stereocenters. The molecule has 0 radical (unpaired) electrons. The minimum absolute atomic E-state index is 0.0434. The number of carbonyl (C=O) groups is 1. The van der Waals surface area contributed by atoms with Gasteiger partial charge >= 0.3 is 0 Å². The summed E-state index contributed by atoms with van der Waals surface area (Å²) in [5, 5.41) is 12.6. The van der Waals surface area contributed by atoms with Gasteiger partial charge in [-0.1, -0.05) is 37.3 Å². The number of nitrogens with one attached hydrogen (secondary N) is 1. The third-order valence-electron chi connectivity index (χ3n) is 3.82. The highest BCUT2D eigenvalue weighted by atomic mass is 16.3. The highest BCUT2D eigenvalue weighted by molar-refractivity contribution is 5.78. The van der Waals surface area contributed by atoms with Crippen LogP contribution in [0.2, 0.25) is 0 Å². The molecule has 4 heteroatoms. The van der Waals surface area contributed by atoms with Crippen LogP contribution in [0, 0.1) is 0 Å². The molecule has 1 aliphatic heterocycles. The Morgan fingerprint density at radius 3 is 2.90 bits per heavy atom. The molecule has 0 spiro atoms. The van der Waals surface area contributed by atoms with Crippen molar-refractivity contribution in [3.05, 3.63) is 35.9 Å². The number of carbonyl (C=O) groups excluding carboxylic acids is 1. The second-order valence-electron chi connectivity index (χ2n) is 5.65. The van der Waals surface area contributed by atoms with Crippen molar-refractivity contribution in [3.8, 4) is 0 Å². The predicted molar refractivity (Wildman–Crippen MR) is 79.5 cm³/mol. The minimum atomic E-state index is -0.278. The number of likely N-dealkylation sites (tertiary alicyclic amines) is 1. The molecule has 110 valence electrons. The zero-order chi connectivity index (χ0) is 14.4. The maximum absolute atomic E-state index is 11.9. The molecule has 0 saturated carbocycles. The number of aliphatic hydroxyl groups is 1. The molecule has 4 nitrogen and oxygen atoms in total. The number of piperidine rings is 1. The third kappa shape index (κ3) is 4.62. The second kappa shape index (κ2) is 7.41. The standard InChI is InChI=1S/C16H24N2O2/c1-13(14-6-3-2-4-7-14)10-17-16(20)12-18-9-5-8-15(19)11-18/h2-4,6-7,13,15,19H,5,8-12H2,1H3,(H,17,20)/t13?,15-/m0/s1. The van der Waals surface area contributed by atoms with E-state index in [-0.39, 0.29) is 12.0 Å². The van der Waals surface area contributed by atoms with Gasteiger partial charge in [0.1, 0.15) is 0 Å². The fourth-order valence-corrected chi connectivity index (χ4v) is 2.60. The van der Waals surface area contributed by atoms with Crippen molar-refractivity contribution in [2.75, 3.05) is 26.2 Å². The topological polar surface area (TPSA) is 52.6 Å². The summed E-state index contributed by atoms with van der Waals surface area (Å²) >= 11 is 0. The molecular formula is C16H24N2O2. The van der Waals surface area contributed by atoms with Crippen LogP contribution in [0.3, 0.4) is 0 Å². The first-order valence-electron chi connectivity index (χ1n) is 7.37. The molecule has 0 aromatic heterocycles. The third-order valence-corrected chi connectivity index (χ3v) is 3.82. The van der Waals surface area contributed by atoms with Crippen LogP contribution in [0.15, 0.2) is 30.3 Å². The maximum Gasteiger partial charge on any atom is 0.234 e. The molecule has 1 amide bonds. The van der Waals surface area contributed by atoms with Gasteiger partial charge in [-0.2, -0.15) is 0 Å². The summed E-state index contributed by atoms with van der Waals surface area (Å²) in [6.07, 6.45) is 1.54. The number of amides is 1. The highest BCUT2D eigenvalue weighted by Crippen LogP contribution is 2.13. The minimum Gasteiger partial charge on any atom is -0.392 e. The van der Waals surface area contributed by atoms with Gasteiger partial charge in [0.25, 0.3) is 0 Å². The molecule has 2 N–H and O–H groups in total. The van der Waals surface area contributed by atoms with Crippen molar-refractivity contribution >= 4 is 5.91 Å². The largest absolute Gasteiger partial charge is 0.392 e. The summed E-state index contributed by atoms with van der Waals surface area (Å²) in [7, 11) is 0. The van der Waals surface area contributed by atoms with Gasteiger partial charge in [-0.3, -0.25) is 9.69 Å². The van der Waals surface area contributed by atoms with E-state index >= 15 is 0 Å². The fraction of sp³-hybridized carbons (Fsp3) is 0.562. The van der Waals surface area contributed by atoms with E-state index in [0.717, 1.165) is 19.4 Å². The van der Waals surface area contributed by atoms with E-state index in [4.69, 9.17) is 0 Å². The van der Waals surface area contributed by atoms with E-state index in [2.05, 4.69) is 24.4 Å². The SMILES string of the molecule is CC(CNC(=O)CN1CCC[C@H](O)C1)c1ccccc1. The van der Waals surface area contributed by atoms with E-state index in [1.165, 1.54) is 5.56 Å². The van der Waals surface area contributed by atoms with Crippen molar-refractivity contribution in [3.63, 3.8) is 0 Å². The van der Waals surface area contributed by atoms with Gasteiger partial charge in [0, 0.05) is 13.1 Å². The summed E-state index contributed by atoms with van der Waals surface area (Å²) in [6.45, 7) is 4.67. The quantitative estimate of drug-likeness (QED) is 0.854. The van der Waals surface area contributed by atoms with Crippen LogP contribution in [0.1, 0.15) is 31.2 Å². The second-order valence-corrected chi connectivity index (χ2v) is 5.65. The van der Waals surface area contributed by atoms with Crippen molar-refractivity contribution in [2.24, 2.45) is 0 Å². The van der Waals surface area contributed by atoms with Crippen molar-refractivity contribution in [1.29, 1.82) is 0 Å². The zero-order valence-corrected chi connectivity index (χ0v) is 12.1. The number of β-amino-alcohol motifs (C(OH)–C–C–N with tert-alkyl or cyclic N) is 1. The Hall–Kier alpha value is -1.39. The van der Waals surface area contributed by atoms with Gasteiger partial charge < -0.3 is 10.4 Å². The van der Waals surface area contributed by atoms with Crippen molar-refractivity contribution in [2.45, 2.75) is 31.8 Å². The lowest BCUT2D eigenvalue weighted by Crippen LogP contribution is -2.44. The Kier molecular flexibility index (Phi) is 5.56. The molecule has 2 atom stereocenters. The summed E-state index contributed by atoms with van der Waals surface area (Å²) < 4.78 is 0. The van der Waals surface area contributed by atoms with Crippen LogP contribution in [-0.2, 0) is 4.79 Å². The molecule has 1 fully saturated rings. The number of rotatable bonds is 5. The van der Waals surface area contributed by atoms with Crippen LogP contribution >= 0.6 is 0 Å². The monoisotopic (exact) mass is 276 g/mol. The zero-order valence-electron chi connectivity index (χ0n) is 12.1. The average molecular weight is 276 g/mol. The Balaban J connectivity index is 1.72. The Morgan fingerprint density at radius 1 is 1.45 bits per heavy atom. The average Bonchev–Trinajstić information content (AvgIpc) is 2.46. The summed E-state index contributed by atoms with van der Waals surface area (Å²) in [4.78, 5) is 13.9. The molecule has 0 aliphatic carbocycles. The van der Waals surface area contributed by atoms with E-state index in [0.29, 0.717) is 25.6 Å². The molecule has 1 heterocycles. The predicted octanol–water partition coefficient (Wildman–Crippen LogP) is 1.36. The number of benzene rings is 1. The first kappa shape index (κ1) is 15.0. The van der Waals surface area contributed by atoms with Gasteiger partial charge in [0.05, 0.1) is 12.6 Å². The van der Waals surface area contributed by atoms with E-state index in [1.807, 2.05) is 23.1 Å². The maximum atomic E-state index is 11.9. The molecule has 1 aromatic carbocycles. The smallest absolute Gasteiger partial charge is 0.234 e. The first-order valence-corrected chi connectivity index (χ1v) is 7.37. The van der Waals surface area contributed by atoms with Gasteiger partial charge in [-0.05, 0) is 30.9 Å². The Morgan fingerprint density at radius 2 is 2.20 bits per heavy atom. The van der Waals surface area contributed by atoms with Crippen LogP contribution in [0.5, 0.6) is 0 Å². The highest BCUT2D eigenvalue weighted by Gasteiger charge is 2.19.